The van der Waals surface area contributed by atoms with Crippen LogP contribution in [0.5, 0.6) is 0 Å². The maximum Gasteiger partial charge on any atom is 0.329 e. The van der Waals surface area contributed by atoms with Crippen molar-refractivity contribution in [3.05, 3.63) is 34.2 Å². The molecule has 1 aliphatic carbocycles. The summed E-state index contributed by atoms with van der Waals surface area (Å²) in [5, 5.41) is 5.74. The number of nitrogens with zero attached hydrogens (tertiary/aromatic N) is 2. The molecule has 1 atom stereocenters. The second-order valence-corrected chi connectivity index (χ2v) is 9.21. The van der Waals surface area contributed by atoms with E-state index < -0.39 is 11.9 Å². The van der Waals surface area contributed by atoms with Gasteiger partial charge in [0, 0.05) is 13.5 Å². The van der Waals surface area contributed by atoms with Gasteiger partial charge in [-0.1, -0.05) is 12.1 Å². The quantitative estimate of drug-likeness (QED) is 0.705. The van der Waals surface area contributed by atoms with Crippen molar-refractivity contribution >= 4 is 22.8 Å². The molecule has 2 aromatic rings. The monoisotopic (exact) mass is 426 g/mol. The molecule has 1 unspecified atom stereocenters. The fraction of sp³-hybridized carbons (Fsp3) is 0.609. The molecule has 3 fully saturated rings. The first-order valence-electron chi connectivity index (χ1n) is 11.4. The van der Waals surface area contributed by atoms with Crippen LogP contribution in [0.4, 0.5) is 0 Å². The van der Waals surface area contributed by atoms with Gasteiger partial charge in [0.15, 0.2) is 0 Å². The number of amides is 2. The van der Waals surface area contributed by atoms with Crippen LogP contribution in [-0.2, 0) is 27.8 Å². The van der Waals surface area contributed by atoms with Gasteiger partial charge in [0.2, 0.25) is 11.8 Å². The first kappa shape index (κ1) is 20.5. The molecule has 2 saturated heterocycles. The molecule has 1 saturated carbocycles. The van der Waals surface area contributed by atoms with Crippen LogP contribution >= 0.6 is 0 Å². The average molecular weight is 427 g/mol. The number of hydrogen-bond acceptors (Lipinski definition) is 5. The molecule has 8 nitrogen and oxygen atoms in total. The molecule has 31 heavy (non-hydrogen) atoms. The first-order chi connectivity index (χ1) is 15.0. The molecular weight excluding hydrogens is 396 g/mol. The molecule has 1 aromatic heterocycles. The van der Waals surface area contributed by atoms with Crippen LogP contribution in [-0.4, -0.2) is 46.2 Å². The van der Waals surface area contributed by atoms with E-state index in [1.165, 1.54) is 0 Å². The van der Waals surface area contributed by atoms with E-state index >= 15 is 0 Å². The third-order valence-electron chi connectivity index (χ3n) is 7.08. The minimum absolute atomic E-state index is 0.210. The largest absolute Gasteiger partial charge is 0.375 e. The molecule has 2 amide bonds. The summed E-state index contributed by atoms with van der Waals surface area (Å²) in [6.07, 6.45) is 6.54. The topological polar surface area (TPSA) is 94.4 Å². The summed E-state index contributed by atoms with van der Waals surface area (Å²) in [6, 6.07) is 5.29. The lowest BCUT2D eigenvalue weighted by Crippen LogP contribution is -2.44. The molecule has 0 spiro atoms. The van der Waals surface area contributed by atoms with Gasteiger partial charge in [0.1, 0.15) is 6.04 Å². The van der Waals surface area contributed by atoms with Gasteiger partial charge in [-0.25, -0.2) is 4.79 Å². The number of aromatic nitrogens is 2. The second-order valence-electron chi connectivity index (χ2n) is 9.21. The fourth-order valence-electron chi connectivity index (χ4n) is 5.38. The van der Waals surface area contributed by atoms with Gasteiger partial charge in [-0.2, -0.15) is 0 Å². The second kappa shape index (κ2) is 8.24. The number of rotatable bonds is 5. The number of piperidine rings is 2. The van der Waals surface area contributed by atoms with E-state index in [9.17, 15) is 14.4 Å². The summed E-state index contributed by atoms with van der Waals surface area (Å²) in [6.45, 7) is 2.09. The maximum absolute atomic E-state index is 13.0. The van der Waals surface area contributed by atoms with Gasteiger partial charge >= 0.3 is 5.69 Å². The number of ether oxygens (including phenoxy) is 1. The van der Waals surface area contributed by atoms with Crippen LogP contribution in [0, 0.1) is 5.92 Å². The Morgan fingerprint density at radius 3 is 2.58 bits per heavy atom. The lowest BCUT2D eigenvalue weighted by Gasteiger charge is -2.38. The number of carbonyl (C=O) groups is 2. The van der Waals surface area contributed by atoms with Gasteiger partial charge in [-0.3, -0.25) is 24.0 Å². The summed E-state index contributed by atoms with van der Waals surface area (Å²) in [5.74, 6) is -0.124. The summed E-state index contributed by atoms with van der Waals surface area (Å²) in [4.78, 5) is 37.0. The summed E-state index contributed by atoms with van der Waals surface area (Å²) >= 11 is 0. The molecule has 5 rings (SSSR count). The number of imide groups is 1. The van der Waals surface area contributed by atoms with Crippen LogP contribution in [0.3, 0.4) is 0 Å². The summed E-state index contributed by atoms with van der Waals surface area (Å²) in [5.41, 5.74) is 2.58. The highest BCUT2D eigenvalue weighted by atomic mass is 16.5. The van der Waals surface area contributed by atoms with E-state index in [2.05, 4.69) is 16.7 Å². The van der Waals surface area contributed by atoms with Crippen LogP contribution in [0.25, 0.3) is 11.0 Å². The average Bonchev–Trinajstić information content (AvgIpc) is 2.99. The lowest BCUT2D eigenvalue weighted by atomic mass is 9.78. The zero-order valence-corrected chi connectivity index (χ0v) is 17.9. The van der Waals surface area contributed by atoms with E-state index in [1.807, 2.05) is 12.1 Å². The van der Waals surface area contributed by atoms with E-state index in [1.54, 1.807) is 16.2 Å². The Morgan fingerprint density at radius 1 is 1.06 bits per heavy atom. The normalized spacial score (nSPS) is 27.3. The highest BCUT2D eigenvalue weighted by molar-refractivity contribution is 6.00. The number of fused-ring (bicyclic) bond motifs is 1. The van der Waals surface area contributed by atoms with Crippen molar-refractivity contribution in [3.63, 3.8) is 0 Å². The number of nitrogens with one attached hydrogen (secondary N) is 2. The van der Waals surface area contributed by atoms with E-state index in [0.29, 0.717) is 24.5 Å². The van der Waals surface area contributed by atoms with Gasteiger partial charge in [0.25, 0.3) is 0 Å². The third kappa shape index (κ3) is 3.83. The van der Waals surface area contributed by atoms with Crippen LogP contribution in [0.1, 0.15) is 50.1 Å². The standard InChI is InChI=1S/C23H30N4O4/c1-26-21-15(11-14-12-17(13-14)31-16-7-9-24-10-8-16)3-2-4-18(21)27(23(26)30)19-5-6-20(28)25-22(19)29/h2-4,14,16-17,19,24H,5-13H2,1H3,(H,25,28,29). The maximum atomic E-state index is 13.0. The number of imidazole rings is 1. The molecule has 1 aromatic carbocycles. The minimum atomic E-state index is -0.643. The molecule has 2 N–H and O–H groups in total. The Morgan fingerprint density at radius 2 is 1.84 bits per heavy atom. The Labute approximate surface area is 180 Å². The molecule has 8 heteroatoms. The highest BCUT2D eigenvalue weighted by Gasteiger charge is 2.34. The van der Waals surface area contributed by atoms with Crippen LogP contribution in [0.15, 0.2) is 23.0 Å². The van der Waals surface area contributed by atoms with E-state index in [0.717, 1.165) is 61.8 Å². The summed E-state index contributed by atoms with van der Waals surface area (Å²) < 4.78 is 9.47. The molecule has 2 aliphatic heterocycles. The Hall–Kier alpha value is -2.45. The third-order valence-corrected chi connectivity index (χ3v) is 7.08. The predicted octanol–water partition coefficient (Wildman–Crippen LogP) is 1.41. The SMILES string of the molecule is Cn1c(=O)n(C2CCC(=O)NC2=O)c2cccc(CC3CC(OC4CCNCC4)C3)c21. The number of benzene rings is 1. The Kier molecular flexibility index (Phi) is 5.44. The van der Waals surface area contributed by atoms with Crippen LogP contribution in [0.2, 0.25) is 0 Å². The number of hydrogen-bond donors (Lipinski definition) is 2. The van der Waals surface area contributed by atoms with Crippen molar-refractivity contribution in [2.45, 2.75) is 63.2 Å². The van der Waals surface area contributed by atoms with Crippen molar-refractivity contribution in [2.24, 2.45) is 13.0 Å². The predicted molar refractivity (Wildman–Crippen MR) is 116 cm³/mol. The van der Waals surface area contributed by atoms with Crippen molar-refractivity contribution in [1.29, 1.82) is 0 Å². The highest BCUT2D eigenvalue weighted by Crippen LogP contribution is 2.36. The molecule has 0 bridgehead atoms. The zero-order chi connectivity index (χ0) is 21.5. The number of para-hydroxylation sites is 1. The van der Waals surface area contributed by atoms with Gasteiger partial charge < -0.3 is 10.1 Å². The van der Waals surface area contributed by atoms with Crippen molar-refractivity contribution in [3.8, 4) is 0 Å². The Balaban J connectivity index is 1.33. The molecule has 166 valence electrons. The first-order valence-corrected chi connectivity index (χ1v) is 11.4. The van der Waals surface area contributed by atoms with Gasteiger partial charge in [-0.15, -0.1) is 0 Å². The Bertz CT molecular complexity index is 1060. The van der Waals surface area contributed by atoms with E-state index in [4.69, 9.17) is 4.74 Å². The smallest absolute Gasteiger partial charge is 0.329 e. The minimum Gasteiger partial charge on any atom is -0.375 e. The molecule has 0 radical (unpaired) electrons. The summed E-state index contributed by atoms with van der Waals surface area (Å²) in [7, 11) is 1.76. The molecule has 3 aliphatic rings. The number of carbonyl (C=O) groups excluding carboxylic acids is 2. The molecule has 3 heterocycles. The fourth-order valence-corrected chi connectivity index (χ4v) is 5.38. The van der Waals surface area contributed by atoms with Gasteiger partial charge in [0.05, 0.1) is 23.2 Å². The van der Waals surface area contributed by atoms with E-state index in [-0.39, 0.29) is 18.0 Å². The number of aryl methyl sites for hydroxylation is 1. The molecular formula is C23H30N4O4. The van der Waals surface area contributed by atoms with Crippen molar-refractivity contribution < 1.29 is 14.3 Å². The van der Waals surface area contributed by atoms with Crippen molar-refractivity contribution in [1.82, 2.24) is 19.8 Å². The lowest BCUT2D eigenvalue weighted by molar-refractivity contribution is -0.135. The van der Waals surface area contributed by atoms with Gasteiger partial charge in [-0.05, 0) is 69.2 Å². The zero-order valence-electron chi connectivity index (χ0n) is 17.9. The van der Waals surface area contributed by atoms with Crippen LogP contribution < -0.4 is 16.3 Å². The van der Waals surface area contributed by atoms with Crippen molar-refractivity contribution in [2.75, 3.05) is 13.1 Å².